The van der Waals surface area contributed by atoms with E-state index in [0.29, 0.717) is 17.5 Å². The van der Waals surface area contributed by atoms with Crippen molar-refractivity contribution in [1.82, 2.24) is 24.1 Å². The smallest absolute Gasteiger partial charge is 0.164 e. The topological polar surface area (TPSA) is 61.7 Å². The zero-order chi connectivity index (χ0) is 41.4. The van der Waals surface area contributed by atoms with Crippen molar-refractivity contribution in [2.45, 2.75) is 0 Å². The van der Waals surface area contributed by atoms with Gasteiger partial charge in [-0.2, -0.15) is 0 Å². The van der Waals surface area contributed by atoms with Crippen LogP contribution in [0.25, 0.3) is 122 Å². The van der Waals surface area contributed by atoms with Gasteiger partial charge < -0.3 is 13.6 Å². The highest BCUT2D eigenvalue weighted by atomic mass is 16.3. The highest BCUT2D eigenvalue weighted by molar-refractivity contribution is 6.39. The Hall–Kier alpha value is -8.61. The number of aromatic nitrogens is 5. The lowest BCUT2D eigenvalue weighted by atomic mass is 9.99. The number of nitrogens with zero attached hydrogens (tertiary/aromatic N) is 5. The number of hydrogen-bond donors (Lipinski definition) is 0. The van der Waals surface area contributed by atoms with Gasteiger partial charge in [-0.3, -0.25) is 0 Å². The molecule has 13 rings (SSSR count). The van der Waals surface area contributed by atoms with Crippen LogP contribution in [0.15, 0.2) is 217 Å². The average molecular weight is 806 g/mol. The van der Waals surface area contributed by atoms with Crippen LogP contribution >= 0.6 is 0 Å². The molecule has 0 saturated heterocycles. The first kappa shape index (κ1) is 35.2. The summed E-state index contributed by atoms with van der Waals surface area (Å²) in [7, 11) is 0. The van der Waals surface area contributed by atoms with E-state index in [9.17, 15) is 0 Å². The van der Waals surface area contributed by atoms with Crippen LogP contribution in [-0.2, 0) is 0 Å². The molecule has 13 aromatic rings. The molecular formula is C57H35N5O. The fourth-order valence-electron chi connectivity index (χ4n) is 9.63. The van der Waals surface area contributed by atoms with Crippen molar-refractivity contribution in [3.05, 3.63) is 212 Å². The molecule has 0 atom stereocenters. The molecule has 0 bridgehead atoms. The van der Waals surface area contributed by atoms with Crippen molar-refractivity contribution in [1.29, 1.82) is 0 Å². The first-order chi connectivity index (χ1) is 31.3. The number of benzene rings is 9. The molecule has 0 aliphatic heterocycles. The lowest BCUT2D eigenvalue weighted by molar-refractivity contribution is 0.673. The van der Waals surface area contributed by atoms with Crippen molar-refractivity contribution in [2.75, 3.05) is 0 Å². The molecule has 0 N–H and O–H groups in total. The number of hydrogen-bond acceptors (Lipinski definition) is 4. The number of furan rings is 1. The lowest BCUT2D eigenvalue weighted by Gasteiger charge is -2.17. The van der Waals surface area contributed by atoms with Gasteiger partial charge in [0.25, 0.3) is 0 Å². The Morgan fingerprint density at radius 2 is 0.810 bits per heavy atom. The molecule has 0 unspecified atom stereocenters. The molecule has 6 heteroatoms. The third kappa shape index (κ3) is 5.41. The Balaban J connectivity index is 1.18. The minimum absolute atomic E-state index is 0.603. The van der Waals surface area contributed by atoms with E-state index in [2.05, 4.69) is 161 Å². The monoisotopic (exact) mass is 805 g/mol. The number of rotatable bonds is 6. The summed E-state index contributed by atoms with van der Waals surface area (Å²) >= 11 is 0. The van der Waals surface area contributed by atoms with Gasteiger partial charge in [0, 0.05) is 49.5 Å². The summed E-state index contributed by atoms with van der Waals surface area (Å²) in [6.45, 7) is 0. The highest BCUT2D eigenvalue weighted by Gasteiger charge is 2.28. The van der Waals surface area contributed by atoms with Gasteiger partial charge in [-0.25, -0.2) is 15.0 Å². The molecule has 0 radical (unpaired) electrons. The summed E-state index contributed by atoms with van der Waals surface area (Å²) < 4.78 is 11.9. The highest BCUT2D eigenvalue weighted by Crippen LogP contribution is 2.50. The van der Waals surface area contributed by atoms with Crippen molar-refractivity contribution < 1.29 is 4.42 Å². The summed E-state index contributed by atoms with van der Waals surface area (Å²) in [6, 6.07) is 74.2. The first-order valence-corrected chi connectivity index (χ1v) is 21.2. The van der Waals surface area contributed by atoms with Crippen LogP contribution in [0, 0.1) is 0 Å². The van der Waals surface area contributed by atoms with Crippen LogP contribution < -0.4 is 0 Å². The zero-order valence-electron chi connectivity index (χ0n) is 33.9. The van der Waals surface area contributed by atoms with Gasteiger partial charge in [-0.15, -0.1) is 0 Å². The summed E-state index contributed by atoms with van der Waals surface area (Å²) in [6.07, 6.45) is 0. The molecule has 4 aromatic heterocycles. The van der Waals surface area contributed by atoms with E-state index in [4.69, 9.17) is 19.4 Å². The number of fused-ring (bicyclic) bond motifs is 12. The average Bonchev–Trinajstić information content (AvgIpc) is 4.03. The molecule has 6 nitrogen and oxygen atoms in total. The molecule has 0 spiro atoms. The van der Waals surface area contributed by atoms with Crippen molar-refractivity contribution in [2.24, 2.45) is 0 Å². The molecule has 0 aliphatic carbocycles. The van der Waals surface area contributed by atoms with Crippen LogP contribution in [0.5, 0.6) is 0 Å². The van der Waals surface area contributed by atoms with Gasteiger partial charge in [0.05, 0.1) is 38.5 Å². The molecule has 0 saturated carbocycles. The third-order valence-corrected chi connectivity index (χ3v) is 12.3. The summed E-state index contributed by atoms with van der Waals surface area (Å²) in [5.74, 6) is 1.85. The minimum atomic E-state index is 0.603. The van der Waals surface area contributed by atoms with E-state index < -0.39 is 0 Å². The van der Waals surface area contributed by atoms with E-state index in [1.54, 1.807) is 0 Å². The van der Waals surface area contributed by atoms with Crippen LogP contribution in [0.1, 0.15) is 0 Å². The quantitative estimate of drug-likeness (QED) is 0.168. The number of para-hydroxylation sites is 4. The maximum atomic E-state index is 7.06. The SMILES string of the molecule is c1ccc(-c2nc(-c3ccccc3)nc(-c3ccc(-n4c5ccccc5c5c6oc7ccccc7c6c6c(c7ccccc7n6-c6ccccc6)c54)c(-c4ccccc4)c3)n2)cc1. The molecule has 4 heterocycles. The molecule has 63 heavy (non-hydrogen) atoms. The molecule has 0 amide bonds. The van der Waals surface area contributed by atoms with Gasteiger partial charge in [0.1, 0.15) is 11.2 Å². The fourth-order valence-corrected chi connectivity index (χ4v) is 9.63. The van der Waals surface area contributed by atoms with Gasteiger partial charge in [-0.1, -0.05) is 164 Å². The van der Waals surface area contributed by atoms with E-state index in [-0.39, 0.29) is 0 Å². The predicted octanol–water partition coefficient (Wildman–Crippen LogP) is 14.6. The van der Waals surface area contributed by atoms with E-state index in [1.165, 1.54) is 10.8 Å². The zero-order valence-corrected chi connectivity index (χ0v) is 33.9. The predicted molar refractivity (Wildman–Crippen MR) is 258 cm³/mol. The van der Waals surface area contributed by atoms with Crippen molar-refractivity contribution >= 4 is 65.6 Å². The fraction of sp³-hybridized carbons (Fsp3) is 0. The minimum Gasteiger partial charge on any atom is -0.455 e. The van der Waals surface area contributed by atoms with Crippen molar-refractivity contribution in [3.8, 4) is 56.7 Å². The van der Waals surface area contributed by atoms with Crippen LogP contribution in [-0.4, -0.2) is 24.1 Å². The second-order valence-corrected chi connectivity index (χ2v) is 15.9. The van der Waals surface area contributed by atoms with Gasteiger partial charge >= 0.3 is 0 Å². The molecule has 0 aliphatic rings. The van der Waals surface area contributed by atoms with E-state index in [0.717, 1.165) is 94.0 Å². The molecule has 9 aromatic carbocycles. The first-order valence-electron chi connectivity index (χ1n) is 21.2. The second-order valence-electron chi connectivity index (χ2n) is 15.9. The maximum Gasteiger partial charge on any atom is 0.164 e. The van der Waals surface area contributed by atoms with Crippen LogP contribution in [0.3, 0.4) is 0 Å². The lowest BCUT2D eigenvalue weighted by Crippen LogP contribution is -2.02. The Labute approximate surface area is 361 Å². The second kappa shape index (κ2) is 14.0. The third-order valence-electron chi connectivity index (χ3n) is 12.3. The van der Waals surface area contributed by atoms with E-state index in [1.807, 2.05) is 60.7 Å². The Morgan fingerprint density at radius 3 is 1.44 bits per heavy atom. The Kier molecular flexibility index (Phi) is 7.80. The van der Waals surface area contributed by atoms with Crippen molar-refractivity contribution in [3.63, 3.8) is 0 Å². The Bertz CT molecular complexity index is 3830. The standard InChI is InChI=1S/C57H35N5O/c1-5-19-36(20-6-1)44-35-39(57-59-55(37-21-7-2-8-22-37)58-56(60-57)38-23-9-3-10-24-38)33-34-47(44)62-46-31-17-14-28-42(46)50-53(62)49-41-27-13-16-30-45(41)61(40-25-11-4-12-26-40)52(49)51-43-29-15-18-32-48(43)63-54(50)51/h1-35H. The van der Waals surface area contributed by atoms with E-state index >= 15 is 0 Å². The van der Waals surface area contributed by atoms with Gasteiger partial charge in [0.15, 0.2) is 17.5 Å². The molecule has 294 valence electrons. The molecular weight excluding hydrogens is 771 g/mol. The van der Waals surface area contributed by atoms with Crippen LogP contribution in [0.2, 0.25) is 0 Å². The summed E-state index contributed by atoms with van der Waals surface area (Å²) in [5.41, 5.74) is 13.1. The van der Waals surface area contributed by atoms with Crippen LogP contribution in [0.4, 0.5) is 0 Å². The Morgan fingerprint density at radius 1 is 0.349 bits per heavy atom. The normalized spacial score (nSPS) is 11.8. The summed E-state index contributed by atoms with van der Waals surface area (Å²) in [5, 5.41) is 6.74. The molecule has 0 fully saturated rings. The largest absolute Gasteiger partial charge is 0.455 e. The van der Waals surface area contributed by atoms with Gasteiger partial charge in [0.2, 0.25) is 0 Å². The van der Waals surface area contributed by atoms with Gasteiger partial charge in [-0.05, 0) is 54.1 Å². The maximum absolute atomic E-state index is 7.06. The summed E-state index contributed by atoms with van der Waals surface area (Å²) in [4.78, 5) is 15.3.